The van der Waals surface area contributed by atoms with Gasteiger partial charge in [-0.05, 0) is 66.9 Å². The van der Waals surface area contributed by atoms with Crippen LogP contribution in [0.5, 0.6) is 5.75 Å². The molecule has 28 heavy (non-hydrogen) atoms. The highest BCUT2D eigenvalue weighted by Gasteiger charge is 2.24. The number of aromatic nitrogens is 1. The minimum absolute atomic E-state index is 0.105. The molecule has 0 amide bonds. The van der Waals surface area contributed by atoms with E-state index in [1.165, 1.54) is 21.6 Å². The van der Waals surface area contributed by atoms with Gasteiger partial charge in [-0.15, -0.1) is 11.8 Å². The molecule has 148 valence electrons. The van der Waals surface area contributed by atoms with E-state index in [0.717, 1.165) is 11.2 Å². The van der Waals surface area contributed by atoms with Gasteiger partial charge in [0.05, 0.1) is 22.2 Å². The molecule has 3 aromatic rings. The lowest BCUT2D eigenvalue weighted by atomic mass is 10.1. The zero-order chi connectivity index (χ0) is 20.6. The third-order valence-electron chi connectivity index (χ3n) is 4.83. The summed E-state index contributed by atoms with van der Waals surface area (Å²) in [6.45, 7) is 8.43. The number of hydrogen-bond acceptors (Lipinski definition) is 4. The normalized spacial score (nSPS) is 11.2. The highest BCUT2D eigenvalue weighted by Crippen LogP contribution is 2.37. The van der Waals surface area contributed by atoms with E-state index in [9.17, 15) is 9.90 Å². The monoisotopic (exact) mass is 461 g/mol. The number of phenols is 1. The molecule has 0 saturated carbocycles. The van der Waals surface area contributed by atoms with Gasteiger partial charge in [-0.3, -0.25) is 0 Å². The van der Waals surface area contributed by atoms with Crippen LogP contribution in [-0.4, -0.2) is 22.2 Å². The van der Waals surface area contributed by atoms with E-state index in [-0.39, 0.29) is 11.7 Å². The van der Waals surface area contributed by atoms with Crippen molar-refractivity contribution in [2.45, 2.75) is 38.3 Å². The van der Waals surface area contributed by atoms with Gasteiger partial charge in [-0.1, -0.05) is 17.7 Å². The van der Waals surface area contributed by atoms with Crippen LogP contribution < -0.4 is 0 Å². The molecular weight excluding hydrogens is 438 g/mol. The maximum atomic E-state index is 12.7. The van der Waals surface area contributed by atoms with Crippen molar-refractivity contribution in [2.24, 2.45) is 7.05 Å². The Kier molecular flexibility index (Phi) is 6.10. The Morgan fingerprint density at radius 1 is 1.18 bits per heavy atom. The van der Waals surface area contributed by atoms with Crippen molar-refractivity contribution in [1.29, 1.82) is 0 Å². The lowest BCUT2D eigenvalue weighted by Crippen LogP contribution is -2.08. The minimum atomic E-state index is -0.359. The van der Waals surface area contributed by atoms with Crippen molar-refractivity contribution >= 4 is 44.6 Å². The first-order valence-electron chi connectivity index (χ1n) is 9.12. The second-order valence-corrected chi connectivity index (χ2v) is 8.78. The van der Waals surface area contributed by atoms with Crippen LogP contribution in [0.25, 0.3) is 10.9 Å². The average Bonchev–Trinajstić information content (AvgIpc) is 2.86. The molecule has 3 rings (SSSR count). The molecule has 0 fully saturated rings. The fourth-order valence-corrected chi connectivity index (χ4v) is 5.16. The minimum Gasteiger partial charge on any atom is -0.507 e. The van der Waals surface area contributed by atoms with Crippen LogP contribution in [-0.2, 0) is 17.5 Å². The third-order valence-corrected chi connectivity index (χ3v) is 6.81. The van der Waals surface area contributed by atoms with E-state index in [1.807, 2.05) is 17.7 Å². The van der Waals surface area contributed by atoms with Crippen LogP contribution in [0.4, 0.5) is 0 Å². The molecule has 6 heteroatoms. The highest BCUT2D eigenvalue weighted by molar-refractivity contribution is 9.10. The standard InChI is InChI=1S/C22H24BrNO3S/c1-6-27-22(26)20-15-9-19(25)16(23)10-17(15)24(5)18(20)11-28-21-13(3)7-12(2)8-14(21)4/h7-10,25H,6,11H2,1-5H3. The Morgan fingerprint density at radius 3 is 2.43 bits per heavy atom. The highest BCUT2D eigenvalue weighted by atomic mass is 79.9. The smallest absolute Gasteiger partial charge is 0.340 e. The molecule has 1 aromatic heterocycles. The SMILES string of the molecule is CCOC(=O)c1c(CSc2c(C)cc(C)cc2C)n(C)c2cc(Br)c(O)cc12. The van der Waals surface area contributed by atoms with Crippen LogP contribution in [0.2, 0.25) is 0 Å². The number of benzene rings is 2. The molecule has 4 nitrogen and oxygen atoms in total. The van der Waals surface area contributed by atoms with E-state index in [4.69, 9.17) is 4.74 Å². The fourth-order valence-electron chi connectivity index (χ4n) is 3.63. The Morgan fingerprint density at radius 2 is 1.82 bits per heavy atom. The molecule has 0 bridgehead atoms. The summed E-state index contributed by atoms with van der Waals surface area (Å²) in [5, 5.41) is 10.9. The topological polar surface area (TPSA) is 51.5 Å². The number of rotatable bonds is 5. The van der Waals surface area contributed by atoms with Gasteiger partial charge in [0.1, 0.15) is 5.75 Å². The largest absolute Gasteiger partial charge is 0.507 e. The van der Waals surface area contributed by atoms with Gasteiger partial charge in [-0.2, -0.15) is 0 Å². The van der Waals surface area contributed by atoms with Crippen molar-refractivity contribution in [2.75, 3.05) is 6.61 Å². The van der Waals surface area contributed by atoms with Gasteiger partial charge in [0.2, 0.25) is 0 Å². The molecule has 1 N–H and O–H groups in total. The van der Waals surface area contributed by atoms with Gasteiger partial charge in [0.25, 0.3) is 0 Å². The second kappa shape index (κ2) is 8.21. The predicted molar refractivity (Wildman–Crippen MR) is 118 cm³/mol. The van der Waals surface area contributed by atoms with Crippen molar-refractivity contribution < 1.29 is 14.6 Å². The van der Waals surface area contributed by atoms with Crippen LogP contribution in [0.3, 0.4) is 0 Å². The first kappa shape index (κ1) is 20.8. The van der Waals surface area contributed by atoms with Gasteiger partial charge in [-0.25, -0.2) is 4.79 Å². The summed E-state index contributed by atoms with van der Waals surface area (Å²) >= 11 is 5.09. The Balaban J connectivity index is 2.11. The maximum absolute atomic E-state index is 12.7. The lowest BCUT2D eigenvalue weighted by molar-refractivity contribution is 0.0527. The number of hydrogen-bond donors (Lipinski definition) is 1. The number of esters is 1. The van der Waals surface area contributed by atoms with Crippen molar-refractivity contribution in [3.63, 3.8) is 0 Å². The fraction of sp³-hybridized carbons (Fsp3) is 0.318. The first-order chi connectivity index (χ1) is 13.2. The van der Waals surface area contributed by atoms with Gasteiger partial charge >= 0.3 is 5.97 Å². The molecule has 1 heterocycles. The average molecular weight is 462 g/mol. The first-order valence-corrected chi connectivity index (χ1v) is 10.9. The molecule has 0 aliphatic rings. The Bertz CT molecular complexity index is 1050. The summed E-state index contributed by atoms with van der Waals surface area (Å²) in [6.07, 6.45) is 0. The van der Waals surface area contributed by atoms with Crippen LogP contribution in [0.1, 0.15) is 39.7 Å². The van der Waals surface area contributed by atoms with E-state index in [1.54, 1.807) is 24.8 Å². The third kappa shape index (κ3) is 3.80. The van der Waals surface area contributed by atoms with Gasteiger partial charge < -0.3 is 14.4 Å². The van der Waals surface area contributed by atoms with Crippen LogP contribution in [0, 0.1) is 20.8 Å². The number of aryl methyl sites for hydroxylation is 4. The van der Waals surface area contributed by atoms with E-state index >= 15 is 0 Å². The summed E-state index contributed by atoms with van der Waals surface area (Å²) in [7, 11) is 1.94. The van der Waals surface area contributed by atoms with Crippen molar-refractivity contribution in [3.05, 3.63) is 56.7 Å². The second-order valence-electron chi connectivity index (χ2n) is 6.94. The molecule has 0 unspecified atom stereocenters. The number of carbonyl (C=O) groups is 1. The van der Waals surface area contributed by atoms with Gasteiger partial charge in [0, 0.05) is 28.8 Å². The number of thioether (sulfide) groups is 1. The van der Waals surface area contributed by atoms with Gasteiger partial charge in [0.15, 0.2) is 0 Å². The van der Waals surface area contributed by atoms with Crippen molar-refractivity contribution in [1.82, 2.24) is 4.57 Å². The molecule has 0 aliphatic carbocycles. The molecule has 0 saturated heterocycles. The summed E-state index contributed by atoms with van der Waals surface area (Å²) in [6, 6.07) is 7.82. The zero-order valence-electron chi connectivity index (χ0n) is 16.7. The molecule has 0 radical (unpaired) electrons. The Hall–Kier alpha value is -1.92. The number of fused-ring (bicyclic) bond motifs is 1. The lowest BCUT2D eigenvalue weighted by Gasteiger charge is -2.12. The predicted octanol–water partition coefficient (Wildman–Crippen LogP) is 6.04. The summed E-state index contributed by atoms with van der Waals surface area (Å²) in [4.78, 5) is 14.0. The number of phenolic OH excluding ortho intramolecular Hbond substituents is 1. The van der Waals surface area contributed by atoms with Crippen molar-refractivity contribution in [3.8, 4) is 5.75 Å². The van der Waals surface area contributed by atoms with E-state index < -0.39 is 0 Å². The number of halogens is 1. The summed E-state index contributed by atoms with van der Waals surface area (Å²) in [5.41, 5.74) is 6.00. The van der Waals surface area contributed by atoms with E-state index in [2.05, 4.69) is 48.8 Å². The zero-order valence-corrected chi connectivity index (χ0v) is 19.1. The maximum Gasteiger partial charge on any atom is 0.340 e. The molecule has 2 aromatic carbocycles. The quantitative estimate of drug-likeness (QED) is 0.371. The van der Waals surface area contributed by atoms with Crippen LogP contribution in [0.15, 0.2) is 33.6 Å². The number of nitrogens with zero attached hydrogens (tertiary/aromatic N) is 1. The van der Waals surface area contributed by atoms with Crippen LogP contribution >= 0.6 is 27.7 Å². The number of aromatic hydroxyl groups is 1. The molecule has 0 atom stereocenters. The van der Waals surface area contributed by atoms with E-state index in [0.29, 0.717) is 27.8 Å². The summed E-state index contributed by atoms with van der Waals surface area (Å²) in [5.74, 6) is 0.374. The molecular formula is C22H24BrNO3S. The molecule has 0 aliphatic heterocycles. The summed E-state index contributed by atoms with van der Waals surface area (Å²) < 4.78 is 7.93. The number of carbonyl (C=O) groups excluding carboxylic acids is 1. The Labute approximate surface area is 178 Å². The molecule has 0 spiro atoms. The number of ether oxygens (including phenoxy) is 1.